The second kappa shape index (κ2) is 8.90. The number of halogens is 5. The van der Waals surface area contributed by atoms with E-state index in [4.69, 9.17) is 0 Å². The molecule has 22 heavy (non-hydrogen) atoms. The van der Waals surface area contributed by atoms with Crippen molar-refractivity contribution in [3.8, 4) is 0 Å². The van der Waals surface area contributed by atoms with E-state index in [0.29, 0.717) is 0 Å². The van der Waals surface area contributed by atoms with Crippen molar-refractivity contribution in [2.45, 2.75) is 58.2 Å². The van der Waals surface area contributed by atoms with Gasteiger partial charge in [0.2, 0.25) is 0 Å². The molecule has 0 aromatic heterocycles. The van der Waals surface area contributed by atoms with Crippen LogP contribution in [0.15, 0.2) is 0 Å². The number of hydrogen-bond donors (Lipinski definition) is 0. The summed E-state index contributed by atoms with van der Waals surface area (Å²) in [6.07, 6.45) is 0. The largest absolute Gasteiger partial charge is 2.00 e. The fraction of sp³-hybridized carbons (Fsp3) is 0.600. The van der Waals surface area contributed by atoms with E-state index >= 15 is 0 Å². The first kappa shape index (κ1) is 24.5. The number of rotatable bonds is 4. The van der Waals surface area contributed by atoms with Crippen LogP contribution in [-0.2, 0) is 0 Å². The molecule has 0 aliphatic heterocycles. The van der Waals surface area contributed by atoms with Crippen LogP contribution >= 0.6 is 0 Å². The summed E-state index contributed by atoms with van der Waals surface area (Å²) in [5, 5.41) is -0.355. The first-order valence-corrected chi connectivity index (χ1v) is 9.07. The Labute approximate surface area is 153 Å². The summed E-state index contributed by atoms with van der Waals surface area (Å²) in [4.78, 5) is 0. The maximum absolute atomic E-state index is 14.2. The second-order valence-corrected chi connectivity index (χ2v) is 12.0. The second-order valence-electron chi connectivity index (χ2n) is 6.15. The zero-order valence-corrected chi connectivity index (χ0v) is 17.0. The van der Waals surface area contributed by atoms with E-state index in [1.54, 1.807) is 0 Å². The molecule has 0 radical (unpaired) electrons. The summed E-state index contributed by atoms with van der Waals surface area (Å²) in [6.45, 7) is 11.2. The van der Waals surface area contributed by atoms with Crippen molar-refractivity contribution in [1.82, 2.24) is 0 Å². The summed E-state index contributed by atoms with van der Waals surface area (Å²) in [7, 11) is -2.81. The molecule has 0 amide bonds. The molecule has 0 fully saturated rings. The maximum atomic E-state index is 14.2. The van der Waals surface area contributed by atoms with Gasteiger partial charge >= 0.3 is 23.1 Å². The van der Waals surface area contributed by atoms with Crippen LogP contribution in [0, 0.1) is 29.3 Å². The molecule has 0 saturated heterocycles. The van der Waals surface area contributed by atoms with Crippen LogP contribution < -0.4 is 17.6 Å². The minimum Gasteiger partial charge on any atom is -1.00 e. The van der Waals surface area contributed by atoms with Crippen LogP contribution in [0.2, 0.25) is 16.6 Å². The van der Waals surface area contributed by atoms with Crippen molar-refractivity contribution in [1.29, 1.82) is 0 Å². The van der Waals surface area contributed by atoms with E-state index in [1.807, 2.05) is 41.5 Å². The minimum atomic E-state index is -2.81. The van der Waals surface area contributed by atoms with E-state index < -0.39 is 31.3 Å². The van der Waals surface area contributed by atoms with Crippen molar-refractivity contribution < 1.29 is 30.0 Å². The smallest absolute Gasteiger partial charge is 1.00 e. The van der Waals surface area contributed by atoms with E-state index in [2.05, 4.69) is 0 Å². The van der Waals surface area contributed by atoms with Crippen molar-refractivity contribution in [2.75, 3.05) is 0 Å². The Morgan fingerprint density at radius 2 is 1.00 bits per heavy atom. The molecule has 0 saturated carbocycles. The predicted molar refractivity (Wildman–Crippen MR) is 81.5 cm³/mol. The first-order valence-electron chi connectivity index (χ1n) is 6.84. The molecular formula is C15H21ClF4MgSi. The molecule has 0 N–H and O–H groups in total. The van der Waals surface area contributed by atoms with Gasteiger partial charge in [0.05, 0.1) is 8.07 Å². The van der Waals surface area contributed by atoms with Gasteiger partial charge in [-0.2, -0.15) is 0 Å². The summed E-state index contributed by atoms with van der Waals surface area (Å²) < 4.78 is 55.5. The maximum Gasteiger partial charge on any atom is 2.00 e. The van der Waals surface area contributed by atoms with Crippen LogP contribution in [0.4, 0.5) is 17.6 Å². The Balaban J connectivity index is 0. The Kier molecular flexibility index (Phi) is 9.89. The molecule has 7 heteroatoms. The molecule has 0 unspecified atom stereocenters. The summed E-state index contributed by atoms with van der Waals surface area (Å²) >= 11 is 0. The molecule has 0 aliphatic carbocycles. The summed E-state index contributed by atoms with van der Waals surface area (Å²) in [5.74, 6) is -5.41. The van der Waals surface area contributed by atoms with E-state index in [-0.39, 0.29) is 57.3 Å². The number of hydrogen-bond acceptors (Lipinski definition) is 0. The van der Waals surface area contributed by atoms with Gasteiger partial charge in [0.15, 0.2) is 0 Å². The van der Waals surface area contributed by atoms with Gasteiger partial charge in [0, 0.05) is 23.3 Å². The zero-order valence-electron chi connectivity index (χ0n) is 13.8. The normalized spacial score (nSPS) is 11.7. The van der Waals surface area contributed by atoms with Crippen molar-refractivity contribution >= 4 is 36.3 Å². The van der Waals surface area contributed by atoms with Gasteiger partial charge in [0.25, 0.3) is 0 Å². The Morgan fingerprint density at radius 1 is 0.727 bits per heavy atom. The Hall–Kier alpha value is 0.213. The zero-order chi connectivity index (χ0) is 15.8. The molecule has 122 valence electrons. The molecule has 0 heterocycles. The van der Waals surface area contributed by atoms with Crippen LogP contribution in [0.1, 0.15) is 41.5 Å². The Morgan fingerprint density at radius 3 is 1.23 bits per heavy atom. The molecule has 1 rings (SSSR count). The van der Waals surface area contributed by atoms with Gasteiger partial charge in [-0.25, -0.2) is 8.78 Å². The average molecular weight is 365 g/mol. The average Bonchev–Trinajstić information content (AvgIpc) is 2.30. The fourth-order valence-electron chi connectivity index (χ4n) is 3.77. The molecule has 0 atom stereocenters. The first-order chi connectivity index (χ1) is 9.08. The number of benzene rings is 1. The van der Waals surface area contributed by atoms with Gasteiger partial charge in [-0.15, -0.1) is 6.07 Å². The molecule has 0 spiro atoms. The van der Waals surface area contributed by atoms with Gasteiger partial charge in [-0.3, -0.25) is 8.78 Å². The quantitative estimate of drug-likeness (QED) is 0.329. The molecule has 1 aromatic rings. The Bertz CT molecular complexity index is 459. The van der Waals surface area contributed by atoms with Crippen LogP contribution in [0.3, 0.4) is 0 Å². The predicted octanol–water partition coefficient (Wildman–Crippen LogP) is 1.55. The topological polar surface area (TPSA) is 0 Å². The van der Waals surface area contributed by atoms with Gasteiger partial charge < -0.3 is 12.4 Å². The van der Waals surface area contributed by atoms with Gasteiger partial charge in [0.1, 0.15) is 0 Å². The van der Waals surface area contributed by atoms with E-state index in [0.717, 1.165) is 0 Å². The van der Waals surface area contributed by atoms with Crippen LogP contribution in [0.5, 0.6) is 0 Å². The third-order valence-electron chi connectivity index (χ3n) is 4.34. The molecule has 0 nitrogen and oxygen atoms in total. The SMILES string of the molecule is CC(C)[Si](c1c(F)c(F)[c-]c(F)c1F)(C(C)C)C(C)C.[Cl-].[Mg+2]. The summed E-state index contributed by atoms with van der Waals surface area (Å²) in [6, 6.07) is 1.47. The van der Waals surface area contributed by atoms with Gasteiger partial charge in [-0.1, -0.05) is 46.7 Å². The van der Waals surface area contributed by atoms with Crippen molar-refractivity contribution in [2.24, 2.45) is 0 Å². The van der Waals surface area contributed by atoms with Crippen molar-refractivity contribution in [3.05, 3.63) is 29.3 Å². The van der Waals surface area contributed by atoms with Crippen molar-refractivity contribution in [3.63, 3.8) is 0 Å². The van der Waals surface area contributed by atoms with Gasteiger partial charge in [-0.05, 0) is 16.6 Å². The fourth-order valence-corrected chi connectivity index (χ4v) is 10.5. The molecular weight excluding hydrogens is 344 g/mol. The standard InChI is InChI=1S/C15H21F4Si.ClH.Mg/c1-8(2)20(9(3)4,10(5)6)15-13(18)11(16)7-12(17)14(15)19;;/h8-10H,1-6H3;1H;/q-1;;+2/p-1. The molecule has 1 aromatic carbocycles. The third-order valence-corrected chi connectivity index (χ3v) is 11.4. The minimum absolute atomic E-state index is 0. The van der Waals surface area contributed by atoms with Crippen LogP contribution in [-0.4, -0.2) is 31.1 Å². The van der Waals surface area contributed by atoms with E-state index in [9.17, 15) is 17.6 Å². The summed E-state index contributed by atoms with van der Waals surface area (Å²) in [5.41, 5.74) is -0.145. The van der Waals surface area contributed by atoms with E-state index in [1.165, 1.54) is 6.07 Å². The molecule has 0 aliphatic rings. The van der Waals surface area contributed by atoms with Crippen LogP contribution in [0.25, 0.3) is 0 Å². The third kappa shape index (κ3) is 3.82. The molecule has 0 bridgehead atoms. The monoisotopic (exact) mass is 364 g/mol.